The van der Waals surface area contributed by atoms with Crippen LogP contribution < -0.4 is 10.6 Å². The minimum atomic E-state index is -3.37. The molecule has 0 saturated carbocycles. The van der Waals surface area contributed by atoms with Crippen molar-refractivity contribution in [2.24, 2.45) is 0 Å². The zero-order valence-electron chi connectivity index (χ0n) is 19.1. The van der Waals surface area contributed by atoms with Crippen LogP contribution in [0, 0.1) is 6.92 Å². The molecule has 0 aliphatic carbocycles. The van der Waals surface area contributed by atoms with E-state index in [2.05, 4.69) is 42.6 Å². The number of hydrogen-bond acceptors (Lipinski definition) is 7. The van der Waals surface area contributed by atoms with Crippen LogP contribution in [0.15, 0.2) is 65.7 Å². The first-order valence-corrected chi connectivity index (χ1v) is 13.1. The predicted octanol–water partition coefficient (Wildman–Crippen LogP) is 4.62. The van der Waals surface area contributed by atoms with Crippen LogP contribution >= 0.6 is 0 Å². The minimum absolute atomic E-state index is 0.122. The summed E-state index contributed by atoms with van der Waals surface area (Å²) in [5, 5.41) is 7.56. The van der Waals surface area contributed by atoms with E-state index in [-0.39, 0.29) is 5.75 Å². The number of benzene rings is 2. The maximum atomic E-state index is 12.8. The van der Waals surface area contributed by atoms with Crippen LogP contribution in [0.4, 0.5) is 23.1 Å². The maximum absolute atomic E-state index is 12.8. The van der Waals surface area contributed by atoms with E-state index < -0.39 is 9.84 Å². The average molecular weight is 477 g/mol. The molecule has 2 aromatic carbocycles. The average Bonchev–Trinajstić information content (AvgIpc) is 3.47. The lowest BCUT2D eigenvalue weighted by molar-refractivity contribution is 0.359. The molecule has 0 bridgehead atoms. The predicted molar refractivity (Wildman–Crippen MR) is 136 cm³/mol. The number of likely N-dealkylation sites (tertiary alicyclic amines) is 1. The molecule has 34 heavy (non-hydrogen) atoms. The summed E-state index contributed by atoms with van der Waals surface area (Å²) in [6.45, 7) is 4.57. The maximum Gasteiger partial charge on any atom is 0.229 e. The number of hydrogen-bond donors (Lipinski definition) is 3. The summed E-state index contributed by atoms with van der Waals surface area (Å²) in [4.78, 5) is 14.6. The Morgan fingerprint density at radius 1 is 1.00 bits per heavy atom. The number of fused-ring (bicyclic) bond motifs is 1. The first-order chi connectivity index (χ1) is 16.4. The van der Waals surface area contributed by atoms with Gasteiger partial charge in [0.1, 0.15) is 5.82 Å². The second kappa shape index (κ2) is 9.44. The SMILES string of the molecule is Cc1cc2cc(Nc3ccnc(Nc4cccc(S(=O)(=O)CCN5CCCC5)c4)n3)ccc2[nH]1. The summed E-state index contributed by atoms with van der Waals surface area (Å²) in [6, 6.07) is 16.8. The Morgan fingerprint density at radius 2 is 1.82 bits per heavy atom. The molecule has 2 aromatic heterocycles. The highest BCUT2D eigenvalue weighted by Gasteiger charge is 2.19. The van der Waals surface area contributed by atoms with Crippen molar-refractivity contribution in [2.75, 3.05) is 36.0 Å². The van der Waals surface area contributed by atoms with Gasteiger partial charge in [-0.3, -0.25) is 0 Å². The van der Waals surface area contributed by atoms with Crippen molar-refractivity contribution in [3.8, 4) is 0 Å². The van der Waals surface area contributed by atoms with Crippen molar-refractivity contribution in [2.45, 2.75) is 24.7 Å². The zero-order chi connectivity index (χ0) is 23.5. The van der Waals surface area contributed by atoms with Gasteiger partial charge in [-0.25, -0.2) is 13.4 Å². The third kappa shape index (κ3) is 5.21. The fourth-order valence-corrected chi connectivity index (χ4v) is 5.59. The van der Waals surface area contributed by atoms with Gasteiger partial charge in [-0.15, -0.1) is 0 Å². The van der Waals surface area contributed by atoms with Crippen molar-refractivity contribution >= 4 is 43.9 Å². The summed E-state index contributed by atoms with van der Waals surface area (Å²) >= 11 is 0. The topological polar surface area (TPSA) is 103 Å². The molecule has 0 atom stereocenters. The lowest BCUT2D eigenvalue weighted by Gasteiger charge is -2.14. The molecule has 1 saturated heterocycles. The Labute approximate surface area is 199 Å². The Balaban J connectivity index is 1.28. The standard InChI is InChI=1S/C25H28N6O2S/c1-18-15-19-16-21(7-8-23(19)27-18)28-24-9-10-26-25(30-24)29-20-5-4-6-22(17-20)34(32,33)14-13-31-11-2-3-12-31/h4-10,15-17,27H,2-3,11-14H2,1H3,(H2,26,28,29,30). The van der Waals surface area contributed by atoms with Crippen molar-refractivity contribution in [3.63, 3.8) is 0 Å². The molecular formula is C25H28N6O2S. The monoisotopic (exact) mass is 476 g/mol. The van der Waals surface area contributed by atoms with E-state index in [9.17, 15) is 8.42 Å². The van der Waals surface area contributed by atoms with Gasteiger partial charge in [-0.2, -0.15) is 4.98 Å². The molecule has 0 amide bonds. The number of aromatic nitrogens is 3. The van der Waals surface area contributed by atoms with Crippen LogP contribution in [-0.4, -0.2) is 53.7 Å². The Kier molecular flexibility index (Phi) is 6.21. The molecule has 1 aliphatic heterocycles. The van der Waals surface area contributed by atoms with Crippen LogP contribution in [0.3, 0.4) is 0 Å². The lowest BCUT2D eigenvalue weighted by Crippen LogP contribution is -2.26. The number of aryl methyl sites for hydroxylation is 1. The molecule has 3 heterocycles. The quantitative estimate of drug-likeness (QED) is 0.341. The van der Waals surface area contributed by atoms with Gasteiger partial charge in [0.05, 0.1) is 10.6 Å². The summed E-state index contributed by atoms with van der Waals surface area (Å²) in [5.41, 5.74) is 3.75. The van der Waals surface area contributed by atoms with Crippen LogP contribution in [-0.2, 0) is 9.84 Å². The van der Waals surface area contributed by atoms with Crippen LogP contribution in [0.5, 0.6) is 0 Å². The van der Waals surface area contributed by atoms with Crippen LogP contribution in [0.1, 0.15) is 18.5 Å². The van der Waals surface area contributed by atoms with Gasteiger partial charge in [-0.05, 0) is 81.4 Å². The Hall–Kier alpha value is -3.43. The molecule has 0 radical (unpaired) electrons. The highest BCUT2D eigenvalue weighted by Crippen LogP contribution is 2.24. The van der Waals surface area contributed by atoms with Gasteiger partial charge in [-0.1, -0.05) is 6.07 Å². The molecule has 9 heteroatoms. The molecule has 4 aromatic rings. The molecule has 8 nitrogen and oxygen atoms in total. The van der Waals surface area contributed by atoms with Crippen molar-refractivity contribution < 1.29 is 8.42 Å². The fourth-order valence-electron chi connectivity index (χ4n) is 4.26. The summed E-state index contributed by atoms with van der Waals surface area (Å²) in [7, 11) is -3.37. The van der Waals surface area contributed by atoms with E-state index >= 15 is 0 Å². The van der Waals surface area contributed by atoms with E-state index in [0.717, 1.165) is 48.2 Å². The van der Waals surface area contributed by atoms with Crippen LogP contribution in [0.2, 0.25) is 0 Å². The number of H-pyrrole nitrogens is 1. The van der Waals surface area contributed by atoms with Gasteiger partial charge < -0.3 is 20.5 Å². The van der Waals surface area contributed by atoms with Crippen molar-refractivity contribution in [1.29, 1.82) is 0 Å². The van der Waals surface area contributed by atoms with E-state index in [0.29, 0.717) is 28.9 Å². The van der Waals surface area contributed by atoms with Gasteiger partial charge >= 0.3 is 0 Å². The number of sulfone groups is 1. The van der Waals surface area contributed by atoms with Gasteiger partial charge in [0.25, 0.3) is 0 Å². The Morgan fingerprint density at radius 3 is 2.68 bits per heavy atom. The molecule has 3 N–H and O–H groups in total. The largest absolute Gasteiger partial charge is 0.359 e. The Bertz CT molecular complexity index is 1410. The molecule has 1 fully saturated rings. The van der Waals surface area contributed by atoms with E-state index in [1.165, 1.54) is 0 Å². The molecule has 0 unspecified atom stereocenters. The smallest absolute Gasteiger partial charge is 0.229 e. The molecular weight excluding hydrogens is 448 g/mol. The first kappa shape index (κ1) is 22.4. The summed E-state index contributed by atoms with van der Waals surface area (Å²) in [6.07, 6.45) is 3.95. The van der Waals surface area contributed by atoms with Crippen LogP contribution in [0.25, 0.3) is 10.9 Å². The van der Waals surface area contributed by atoms with Gasteiger partial charge in [0, 0.05) is 40.7 Å². The highest BCUT2D eigenvalue weighted by molar-refractivity contribution is 7.91. The third-order valence-corrected chi connectivity index (χ3v) is 7.70. The van der Waals surface area contributed by atoms with E-state index in [1.807, 2.05) is 25.1 Å². The fraction of sp³-hybridized carbons (Fsp3) is 0.280. The normalized spacial score (nSPS) is 14.5. The number of anilines is 4. The number of nitrogens with zero attached hydrogens (tertiary/aromatic N) is 3. The zero-order valence-corrected chi connectivity index (χ0v) is 19.9. The lowest BCUT2D eigenvalue weighted by atomic mass is 10.2. The summed E-state index contributed by atoms with van der Waals surface area (Å²) < 4.78 is 25.7. The number of aromatic amines is 1. The highest BCUT2D eigenvalue weighted by atomic mass is 32.2. The second-order valence-electron chi connectivity index (χ2n) is 8.67. The van der Waals surface area contributed by atoms with Gasteiger partial charge in [0.15, 0.2) is 9.84 Å². The molecule has 5 rings (SSSR count). The van der Waals surface area contributed by atoms with Crippen molar-refractivity contribution in [3.05, 3.63) is 66.5 Å². The minimum Gasteiger partial charge on any atom is -0.359 e. The van der Waals surface area contributed by atoms with Gasteiger partial charge in [0.2, 0.25) is 5.95 Å². The molecule has 176 valence electrons. The first-order valence-electron chi connectivity index (χ1n) is 11.5. The number of nitrogens with one attached hydrogen (secondary N) is 3. The third-order valence-electron chi connectivity index (χ3n) is 6.01. The summed E-state index contributed by atoms with van der Waals surface area (Å²) in [5.74, 6) is 1.14. The second-order valence-corrected chi connectivity index (χ2v) is 10.8. The van der Waals surface area contributed by atoms with E-state index in [4.69, 9.17) is 0 Å². The molecule has 0 spiro atoms. The number of rotatable bonds is 8. The molecule has 1 aliphatic rings. The van der Waals surface area contributed by atoms with E-state index in [1.54, 1.807) is 30.5 Å². The van der Waals surface area contributed by atoms with Crippen molar-refractivity contribution in [1.82, 2.24) is 19.9 Å².